The molecule has 0 radical (unpaired) electrons. The second-order valence-corrected chi connectivity index (χ2v) is 6.76. The van der Waals surface area contributed by atoms with Crippen LogP contribution in [0.4, 0.5) is 0 Å². The Morgan fingerprint density at radius 1 is 1.25 bits per heavy atom. The van der Waals surface area contributed by atoms with Crippen LogP contribution in [-0.2, 0) is 9.53 Å². The number of amides is 1. The molecule has 2 aliphatic rings. The summed E-state index contributed by atoms with van der Waals surface area (Å²) in [7, 11) is 2.16. The van der Waals surface area contributed by atoms with E-state index >= 15 is 0 Å². The van der Waals surface area contributed by atoms with Gasteiger partial charge < -0.3 is 15.0 Å². The fourth-order valence-electron chi connectivity index (χ4n) is 2.72. The average molecular weight is 283 g/mol. The maximum atomic E-state index is 12.3. The molecule has 0 aromatic carbocycles. The van der Waals surface area contributed by atoms with Crippen LogP contribution in [-0.4, -0.2) is 74.2 Å². The monoisotopic (exact) mass is 283 g/mol. The Balaban J connectivity index is 1.92. The van der Waals surface area contributed by atoms with Crippen LogP contribution in [0.2, 0.25) is 0 Å². The molecule has 2 saturated heterocycles. The second kappa shape index (κ2) is 6.41. The van der Waals surface area contributed by atoms with Gasteiger partial charge in [0.2, 0.25) is 5.91 Å². The fraction of sp³-hybridized carbons (Fsp3) is 0.933. The van der Waals surface area contributed by atoms with Crippen molar-refractivity contribution in [3.8, 4) is 0 Å². The lowest BCUT2D eigenvalue weighted by Gasteiger charge is -2.38. The minimum absolute atomic E-state index is 0.136. The third kappa shape index (κ3) is 3.51. The molecule has 0 bridgehead atoms. The van der Waals surface area contributed by atoms with Gasteiger partial charge >= 0.3 is 0 Å². The summed E-state index contributed by atoms with van der Waals surface area (Å²) in [6, 6.07) is 0.469. The maximum Gasteiger partial charge on any atom is 0.225 e. The number of rotatable bonds is 4. The lowest BCUT2D eigenvalue weighted by atomic mass is 9.88. The second-order valence-electron chi connectivity index (χ2n) is 6.76. The van der Waals surface area contributed by atoms with E-state index in [4.69, 9.17) is 4.74 Å². The molecule has 1 N–H and O–H groups in total. The Labute approximate surface area is 122 Å². The summed E-state index contributed by atoms with van der Waals surface area (Å²) in [6.07, 6.45) is 0.853. The number of carbonyl (C=O) groups excluding carboxylic acids is 1. The minimum atomic E-state index is -0.296. The minimum Gasteiger partial charge on any atom is -0.378 e. The van der Waals surface area contributed by atoms with E-state index in [9.17, 15) is 4.79 Å². The quantitative estimate of drug-likeness (QED) is 0.818. The van der Waals surface area contributed by atoms with Gasteiger partial charge in [-0.15, -0.1) is 0 Å². The number of ether oxygens (including phenoxy) is 1. The molecule has 20 heavy (non-hydrogen) atoms. The molecule has 1 amide bonds. The van der Waals surface area contributed by atoms with Crippen LogP contribution in [0.25, 0.3) is 0 Å². The molecule has 0 spiro atoms. The number of nitrogens with zero attached hydrogens (tertiary/aromatic N) is 2. The summed E-state index contributed by atoms with van der Waals surface area (Å²) in [5.74, 6) is 0.148. The van der Waals surface area contributed by atoms with Crippen molar-refractivity contribution >= 4 is 5.91 Å². The standard InChI is InChI=1S/C15H29N3O2/c1-5-15(2,3)14(19)16-12-10-20-11-13(12)18-8-6-17(4)7-9-18/h12-13H,5-11H2,1-4H3,(H,16,19)/t12-,13-/m0/s1. The molecule has 0 aromatic rings. The molecule has 0 unspecified atom stereocenters. The van der Waals surface area contributed by atoms with Crippen molar-refractivity contribution < 1.29 is 9.53 Å². The van der Waals surface area contributed by atoms with Gasteiger partial charge in [-0.05, 0) is 13.5 Å². The summed E-state index contributed by atoms with van der Waals surface area (Å²) < 4.78 is 5.63. The van der Waals surface area contributed by atoms with Crippen molar-refractivity contribution in [1.82, 2.24) is 15.1 Å². The van der Waals surface area contributed by atoms with E-state index < -0.39 is 0 Å². The Kier molecular flexibility index (Phi) is 5.04. The van der Waals surface area contributed by atoms with Gasteiger partial charge in [-0.25, -0.2) is 0 Å². The topological polar surface area (TPSA) is 44.8 Å². The van der Waals surface area contributed by atoms with Gasteiger partial charge in [0.15, 0.2) is 0 Å². The van der Waals surface area contributed by atoms with Gasteiger partial charge in [0.25, 0.3) is 0 Å². The summed E-state index contributed by atoms with van der Waals surface area (Å²) in [5, 5.41) is 3.21. The number of likely N-dealkylation sites (N-methyl/N-ethyl adjacent to an activating group) is 1. The molecule has 2 heterocycles. The van der Waals surface area contributed by atoms with E-state index in [2.05, 4.69) is 29.1 Å². The van der Waals surface area contributed by atoms with Gasteiger partial charge in [0.05, 0.1) is 25.3 Å². The molecule has 2 rings (SSSR count). The highest BCUT2D eigenvalue weighted by Crippen LogP contribution is 2.22. The predicted octanol–water partition coefficient (Wildman–Crippen LogP) is 0.554. The zero-order chi connectivity index (χ0) is 14.8. The van der Waals surface area contributed by atoms with Crippen LogP contribution < -0.4 is 5.32 Å². The zero-order valence-electron chi connectivity index (χ0n) is 13.3. The molecule has 5 heteroatoms. The fourth-order valence-corrected chi connectivity index (χ4v) is 2.72. The van der Waals surface area contributed by atoms with Crippen molar-refractivity contribution in [2.45, 2.75) is 39.3 Å². The first-order valence-corrected chi connectivity index (χ1v) is 7.75. The van der Waals surface area contributed by atoms with Crippen LogP contribution in [0.5, 0.6) is 0 Å². The SMILES string of the molecule is CCC(C)(C)C(=O)N[C@H]1COC[C@@H]1N1CCN(C)CC1. The van der Waals surface area contributed by atoms with Crippen LogP contribution in [0.3, 0.4) is 0 Å². The Morgan fingerprint density at radius 3 is 2.50 bits per heavy atom. The van der Waals surface area contributed by atoms with Crippen molar-refractivity contribution in [2.75, 3.05) is 46.4 Å². The first-order chi connectivity index (χ1) is 9.44. The van der Waals surface area contributed by atoms with Crippen LogP contribution in [0, 0.1) is 5.41 Å². The van der Waals surface area contributed by atoms with Crippen molar-refractivity contribution in [1.29, 1.82) is 0 Å². The van der Waals surface area contributed by atoms with E-state index in [0.717, 1.165) is 39.2 Å². The van der Waals surface area contributed by atoms with E-state index in [1.165, 1.54) is 0 Å². The maximum absolute atomic E-state index is 12.3. The highest BCUT2D eigenvalue weighted by atomic mass is 16.5. The molecule has 5 nitrogen and oxygen atoms in total. The summed E-state index contributed by atoms with van der Waals surface area (Å²) in [6.45, 7) is 11.8. The van der Waals surface area contributed by atoms with Crippen LogP contribution in [0.1, 0.15) is 27.2 Å². The van der Waals surface area contributed by atoms with E-state index in [0.29, 0.717) is 12.6 Å². The predicted molar refractivity (Wildman–Crippen MR) is 79.7 cm³/mol. The van der Waals surface area contributed by atoms with Gasteiger partial charge in [0.1, 0.15) is 0 Å². The normalized spacial score (nSPS) is 29.6. The Morgan fingerprint density at radius 2 is 1.90 bits per heavy atom. The molecule has 2 aliphatic heterocycles. The number of piperazine rings is 1. The highest BCUT2D eigenvalue weighted by Gasteiger charge is 2.37. The van der Waals surface area contributed by atoms with Crippen molar-refractivity contribution in [3.05, 3.63) is 0 Å². The molecule has 2 atom stereocenters. The Hall–Kier alpha value is -0.650. The largest absolute Gasteiger partial charge is 0.378 e. The van der Waals surface area contributed by atoms with Gasteiger partial charge in [-0.2, -0.15) is 0 Å². The molecule has 0 aliphatic carbocycles. The number of nitrogens with one attached hydrogen (secondary N) is 1. The molecule has 2 fully saturated rings. The van der Waals surface area contributed by atoms with Crippen molar-refractivity contribution in [2.24, 2.45) is 5.41 Å². The summed E-state index contributed by atoms with van der Waals surface area (Å²) >= 11 is 0. The lowest BCUT2D eigenvalue weighted by molar-refractivity contribution is -0.130. The third-order valence-electron chi connectivity index (χ3n) is 4.87. The molecule has 0 aromatic heterocycles. The van der Waals surface area contributed by atoms with E-state index in [1.807, 2.05) is 13.8 Å². The molecule has 0 saturated carbocycles. The first-order valence-electron chi connectivity index (χ1n) is 7.75. The smallest absolute Gasteiger partial charge is 0.225 e. The molecular formula is C15H29N3O2. The van der Waals surface area contributed by atoms with E-state index in [-0.39, 0.29) is 17.4 Å². The molecule has 116 valence electrons. The van der Waals surface area contributed by atoms with Crippen molar-refractivity contribution in [3.63, 3.8) is 0 Å². The van der Waals surface area contributed by atoms with Gasteiger partial charge in [-0.1, -0.05) is 20.8 Å². The molecular weight excluding hydrogens is 254 g/mol. The Bertz CT molecular complexity index is 338. The average Bonchev–Trinajstić information content (AvgIpc) is 2.87. The van der Waals surface area contributed by atoms with Crippen LogP contribution >= 0.6 is 0 Å². The van der Waals surface area contributed by atoms with Gasteiger partial charge in [0, 0.05) is 31.6 Å². The highest BCUT2D eigenvalue weighted by molar-refractivity contribution is 5.82. The lowest BCUT2D eigenvalue weighted by Crippen LogP contribution is -2.57. The number of hydrogen-bond donors (Lipinski definition) is 1. The third-order valence-corrected chi connectivity index (χ3v) is 4.87. The first kappa shape index (κ1) is 15.7. The summed E-state index contributed by atoms with van der Waals surface area (Å²) in [4.78, 5) is 17.2. The number of hydrogen-bond acceptors (Lipinski definition) is 4. The number of carbonyl (C=O) groups is 1. The zero-order valence-corrected chi connectivity index (χ0v) is 13.3. The van der Waals surface area contributed by atoms with Gasteiger partial charge in [-0.3, -0.25) is 9.69 Å². The van der Waals surface area contributed by atoms with Crippen LogP contribution in [0.15, 0.2) is 0 Å². The summed E-state index contributed by atoms with van der Waals surface area (Å²) in [5.41, 5.74) is -0.296. The van der Waals surface area contributed by atoms with E-state index in [1.54, 1.807) is 0 Å².